The van der Waals surface area contributed by atoms with Gasteiger partial charge >= 0.3 is 0 Å². The summed E-state index contributed by atoms with van der Waals surface area (Å²) in [6, 6.07) is 0.345. The van der Waals surface area contributed by atoms with Gasteiger partial charge < -0.3 is 14.5 Å². The Morgan fingerprint density at radius 3 is 2.52 bits per heavy atom. The van der Waals surface area contributed by atoms with Gasteiger partial charge in [-0.1, -0.05) is 26.7 Å². The van der Waals surface area contributed by atoms with Crippen LogP contribution < -0.4 is 0 Å². The molecule has 2 saturated heterocycles. The Balaban J connectivity index is 1.36. The van der Waals surface area contributed by atoms with Crippen molar-refractivity contribution in [1.29, 1.82) is 0 Å². The first-order valence-electron chi connectivity index (χ1n) is 11.6. The number of piperidine rings is 1. The number of carbonyl (C=O) groups is 1. The summed E-state index contributed by atoms with van der Waals surface area (Å²) in [5, 5.41) is 0. The number of hydrogen-bond donors (Lipinski definition) is 0. The van der Waals surface area contributed by atoms with E-state index in [0.717, 1.165) is 45.0 Å². The quantitative estimate of drug-likeness (QED) is 0.650. The monoisotopic (exact) mass is 379 g/mol. The second-order valence-corrected chi connectivity index (χ2v) is 8.74. The fraction of sp³-hybridized carbons (Fsp3) is 0.955. The second-order valence-electron chi connectivity index (χ2n) is 8.74. The number of rotatable bonds is 8. The molecule has 2 aliphatic heterocycles. The number of nitrogens with zero attached hydrogens (tertiary/aromatic N) is 3. The Labute approximate surface area is 166 Å². The number of hydrogen-bond acceptors (Lipinski definition) is 4. The molecule has 0 N–H and O–H groups in total. The maximum Gasteiger partial charge on any atom is 0.237 e. The molecule has 0 bridgehead atoms. The van der Waals surface area contributed by atoms with Crippen molar-refractivity contribution in [3.05, 3.63) is 0 Å². The fourth-order valence-corrected chi connectivity index (χ4v) is 5.26. The van der Waals surface area contributed by atoms with Crippen molar-refractivity contribution in [2.24, 2.45) is 5.92 Å². The third kappa shape index (κ3) is 5.91. The van der Waals surface area contributed by atoms with Gasteiger partial charge in [-0.15, -0.1) is 0 Å². The lowest BCUT2D eigenvalue weighted by Crippen LogP contribution is -2.57. The summed E-state index contributed by atoms with van der Waals surface area (Å²) in [6.45, 7) is 12.4. The maximum absolute atomic E-state index is 12.9. The molecule has 3 aliphatic rings. The van der Waals surface area contributed by atoms with Crippen molar-refractivity contribution >= 4 is 5.91 Å². The molecule has 0 unspecified atom stereocenters. The fourth-order valence-electron chi connectivity index (χ4n) is 5.26. The molecule has 3 rings (SSSR count). The van der Waals surface area contributed by atoms with Gasteiger partial charge in [-0.3, -0.25) is 9.69 Å². The molecule has 5 heteroatoms. The van der Waals surface area contributed by atoms with Gasteiger partial charge in [0.15, 0.2) is 0 Å². The standard InChI is InChI=1S/C22H41N3O2/c1-3-23(4-2)13-7-8-19-11-14-24(15-12-19)18-22(26)25-16-17-27-21-10-6-5-9-20(21)25/h19-21H,3-18H2,1-2H3/t20-,21-/m0/s1. The lowest BCUT2D eigenvalue weighted by atomic mass is 9.90. The van der Waals surface area contributed by atoms with Crippen molar-refractivity contribution in [3.8, 4) is 0 Å². The van der Waals surface area contributed by atoms with Gasteiger partial charge in [0.05, 0.1) is 25.3 Å². The van der Waals surface area contributed by atoms with Gasteiger partial charge in [0, 0.05) is 6.54 Å². The largest absolute Gasteiger partial charge is 0.374 e. The zero-order valence-corrected chi connectivity index (χ0v) is 17.7. The maximum atomic E-state index is 12.9. The molecule has 156 valence electrons. The van der Waals surface area contributed by atoms with Gasteiger partial charge in [-0.05, 0) is 77.2 Å². The number of amides is 1. The van der Waals surface area contributed by atoms with Crippen LogP contribution in [-0.4, -0.2) is 85.2 Å². The Morgan fingerprint density at radius 2 is 1.78 bits per heavy atom. The van der Waals surface area contributed by atoms with Gasteiger partial charge in [-0.2, -0.15) is 0 Å². The third-order valence-electron chi connectivity index (χ3n) is 7.10. The first-order chi connectivity index (χ1) is 13.2. The highest BCUT2D eigenvalue weighted by Gasteiger charge is 2.37. The lowest BCUT2D eigenvalue weighted by molar-refractivity contribution is -0.151. The predicted octanol–water partition coefficient (Wildman–Crippen LogP) is 2.99. The van der Waals surface area contributed by atoms with E-state index < -0.39 is 0 Å². The summed E-state index contributed by atoms with van der Waals surface area (Å²) >= 11 is 0. The van der Waals surface area contributed by atoms with Crippen LogP contribution in [0.1, 0.15) is 65.2 Å². The van der Waals surface area contributed by atoms with Gasteiger partial charge in [0.25, 0.3) is 0 Å². The van der Waals surface area contributed by atoms with Crippen molar-refractivity contribution < 1.29 is 9.53 Å². The van der Waals surface area contributed by atoms with Crippen LogP contribution in [0.15, 0.2) is 0 Å². The molecule has 0 spiro atoms. The van der Waals surface area contributed by atoms with Crippen LogP contribution >= 0.6 is 0 Å². The predicted molar refractivity (Wildman–Crippen MR) is 110 cm³/mol. The molecule has 0 radical (unpaired) electrons. The van der Waals surface area contributed by atoms with E-state index in [9.17, 15) is 4.79 Å². The van der Waals surface area contributed by atoms with Crippen molar-refractivity contribution in [1.82, 2.24) is 14.7 Å². The van der Waals surface area contributed by atoms with E-state index in [4.69, 9.17) is 4.74 Å². The van der Waals surface area contributed by atoms with E-state index in [1.54, 1.807) is 0 Å². The molecular formula is C22H41N3O2. The summed E-state index contributed by atoms with van der Waals surface area (Å²) in [5.41, 5.74) is 0. The minimum Gasteiger partial charge on any atom is -0.374 e. The number of ether oxygens (including phenoxy) is 1. The second kappa shape index (κ2) is 10.8. The highest BCUT2D eigenvalue weighted by atomic mass is 16.5. The Kier molecular flexibility index (Phi) is 8.41. The van der Waals surface area contributed by atoms with Crippen molar-refractivity contribution in [2.75, 3.05) is 52.4 Å². The van der Waals surface area contributed by atoms with Crippen LogP contribution in [0.2, 0.25) is 0 Å². The van der Waals surface area contributed by atoms with E-state index in [2.05, 4.69) is 28.5 Å². The third-order valence-corrected chi connectivity index (χ3v) is 7.10. The highest BCUT2D eigenvalue weighted by molar-refractivity contribution is 5.78. The molecule has 2 atom stereocenters. The first-order valence-corrected chi connectivity index (χ1v) is 11.6. The van der Waals surface area contributed by atoms with Gasteiger partial charge in [0.2, 0.25) is 5.91 Å². The molecule has 0 aromatic carbocycles. The normalized spacial score (nSPS) is 27.7. The van der Waals surface area contributed by atoms with E-state index in [1.807, 2.05) is 0 Å². The van der Waals surface area contributed by atoms with E-state index in [0.29, 0.717) is 24.6 Å². The Bertz CT molecular complexity index is 445. The SMILES string of the molecule is CCN(CC)CCCC1CCN(CC(=O)N2CCO[C@H]3CCCC[C@@H]32)CC1. The van der Waals surface area contributed by atoms with E-state index in [1.165, 1.54) is 58.2 Å². The number of fused-ring (bicyclic) bond motifs is 1. The molecule has 2 heterocycles. The van der Waals surface area contributed by atoms with Crippen LogP contribution in [0.5, 0.6) is 0 Å². The average Bonchev–Trinajstić information content (AvgIpc) is 2.72. The van der Waals surface area contributed by atoms with E-state index in [-0.39, 0.29) is 0 Å². The molecule has 27 heavy (non-hydrogen) atoms. The molecule has 1 amide bonds. The van der Waals surface area contributed by atoms with E-state index >= 15 is 0 Å². The average molecular weight is 380 g/mol. The van der Waals surface area contributed by atoms with Crippen molar-refractivity contribution in [2.45, 2.75) is 77.4 Å². The van der Waals surface area contributed by atoms with Crippen molar-refractivity contribution in [3.63, 3.8) is 0 Å². The summed E-state index contributed by atoms with van der Waals surface area (Å²) in [5.74, 6) is 1.20. The van der Waals surface area contributed by atoms with Crippen LogP contribution in [-0.2, 0) is 9.53 Å². The Morgan fingerprint density at radius 1 is 1.04 bits per heavy atom. The molecule has 3 fully saturated rings. The van der Waals surface area contributed by atoms with Crippen LogP contribution in [0, 0.1) is 5.92 Å². The van der Waals surface area contributed by atoms with Gasteiger partial charge in [0.1, 0.15) is 0 Å². The summed E-state index contributed by atoms with van der Waals surface area (Å²) in [4.78, 5) is 20.0. The topological polar surface area (TPSA) is 36.0 Å². The van der Waals surface area contributed by atoms with Crippen LogP contribution in [0.25, 0.3) is 0 Å². The zero-order chi connectivity index (χ0) is 19.1. The summed E-state index contributed by atoms with van der Waals surface area (Å²) in [7, 11) is 0. The molecule has 5 nitrogen and oxygen atoms in total. The zero-order valence-electron chi connectivity index (χ0n) is 17.7. The molecule has 0 aromatic rings. The summed E-state index contributed by atoms with van der Waals surface area (Å²) in [6.07, 6.45) is 10.3. The van der Waals surface area contributed by atoms with Crippen LogP contribution in [0.3, 0.4) is 0 Å². The minimum absolute atomic E-state index is 0.299. The molecule has 1 aliphatic carbocycles. The van der Waals surface area contributed by atoms with Crippen LogP contribution in [0.4, 0.5) is 0 Å². The molecule has 0 aromatic heterocycles. The number of morpholine rings is 1. The number of carbonyl (C=O) groups excluding carboxylic acids is 1. The minimum atomic E-state index is 0.299. The molecule has 1 saturated carbocycles. The summed E-state index contributed by atoms with van der Waals surface area (Å²) < 4.78 is 5.93. The smallest absolute Gasteiger partial charge is 0.237 e. The molecular weight excluding hydrogens is 338 g/mol. The lowest BCUT2D eigenvalue weighted by Gasteiger charge is -2.44. The highest BCUT2D eigenvalue weighted by Crippen LogP contribution is 2.29. The Hall–Kier alpha value is -0.650. The first kappa shape index (κ1) is 21.1. The van der Waals surface area contributed by atoms with Gasteiger partial charge in [-0.25, -0.2) is 0 Å². The number of likely N-dealkylation sites (tertiary alicyclic amines) is 1.